The van der Waals surface area contributed by atoms with Crippen LogP contribution in [0.25, 0.3) is 0 Å². The van der Waals surface area contributed by atoms with Crippen LogP contribution < -0.4 is 5.32 Å². The van der Waals surface area contributed by atoms with Crippen molar-refractivity contribution in [2.45, 2.75) is 46.6 Å². The van der Waals surface area contributed by atoms with E-state index < -0.39 is 0 Å². The van der Waals surface area contributed by atoms with Gasteiger partial charge in [0.05, 0.1) is 12.7 Å². The van der Waals surface area contributed by atoms with Gasteiger partial charge in [0.1, 0.15) is 5.82 Å². The fraction of sp³-hybridized carbons (Fsp3) is 0.600. The second-order valence-corrected chi connectivity index (χ2v) is 4.61. The van der Waals surface area contributed by atoms with E-state index in [1.165, 1.54) is 0 Å². The van der Waals surface area contributed by atoms with E-state index in [4.69, 9.17) is 4.74 Å². The lowest BCUT2D eigenvalue weighted by molar-refractivity contribution is 0.0870. The minimum absolute atomic E-state index is 0.123. The summed E-state index contributed by atoms with van der Waals surface area (Å²) < 4.78 is 19.2. The Bertz CT molecular complexity index is 377. The largest absolute Gasteiger partial charge is 0.382 e. The predicted molar refractivity (Wildman–Crippen MR) is 74.7 cm³/mol. The van der Waals surface area contributed by atoms with Crippen LogP contribution in [0.15, 0.2) is 12.1 Å². The molecule has 0 amide bonds. The van der Waals surface area contributed by atoms with Gasteiger partial charge in [0.2, 0.25) is 0 Å². The van der Waals surface area contributed by atoms with Gasteiger partial charge < -0.3 is 10.1 Å². The lowest BCUT2D eigenvalue weighted by Gasteiger charge is -2.16. The third-order valence-corrected chi connectivity index (χ3v) is 2.93. The van der Waals surface area contributed by atoms with Crippen molar-refractivity contribution >= 4 is 5.69 Å². The molecule has 0 bridgehead atoms. The average molecular weight is 253 g/mol. The first-order chi connectivity index (χ1) is 8.60. The zero-order chi connectivity index (χ0) is 13.5. The number of halogens is 1. The van der Waals surface area contributed by atoms with Crippen LogP contribution in [0.2, 0.25) is 0 Å². The Labute approximate surface area is 110 Å². The van der Waals surface area contributed by atoms with Gasteiger partial charge in [-0.05, 0) is 38.3 Å². The number of hydrogen-bond acceptors (Lipinski definition) is 2. The molecule has 18 heavy (non-hydrogen) atoms. The van der Waals surface area contributed by atoms with E-state index in [1.807, 2.05) is 26.8 Å². The van der Waals surface area contributed by atoms with Crippen LogP contribution in [-0.2, 0) is 17.6 Å². The van der Waals surface area contributed by atoms with Crippen molar-refractivity contribution in [1.82, 2.24) is 0 Å². The molecule has 1 N–H and O–H groups in total. The Morgan fingerprint density at radius 1 is 1.22 bits per heavy atom. The van der Waals surface area contributed by atoms with Crippen molar-refractivity contribution in [3.05, 3.63) is 29.1 Å². The van der Waals surface area contributed by atoms with Gasteiger partial charge in [-0.2, -0.15) is 0 Å². The molecule has 0 aliphatic heterocycles. The van der Waals surface area contributed by atoms with Crippen LogP contribution in [-0.4, -0.2) is 19.3 Å². The smallest absolute Gasteiger partial charge is 0.128 e. The molecule has 0 aliphatic rings. The highest BCUT2D eigenvalue weighted by Crippen LogP contribution is 2.25. The van der Waals surface area contributed by atoms with Gasteiger partial charge >= 0.3 is 0 Å². The van der Waals surface area contributed by atoms with Crippen molar-refractivity contribution in [1.29, 1.82) is 0 Å². The summed E-state index contributed by atoms with van der Waals surface area (Å²) >= 11 is 0. The number of ether oxygens (including phenoxy) is 1. The molecule has 0 saturated heterocycles. The molecule has 3 heteroatoms. The Morgan fingerprint density at radius 3 is 2.50 bits per heavy atom. The van der Waals surface area contributed by atoms with E-state index in [-0.39, 0.29) is 11.9 Å². The SMILES string of the molecule is CCc1ccc(F)c(CC)c1NCCOC(C)C. The van der Waals surface area contributed by atoms with Crippen LogP contribution in [0.1, 0.15) is 38.8 Å². The quantitative estimate of drug-likeness (QED) is 0.746. The van der Waals surface area contributed by atoms with E-state index in [0.29, 0.717) is 19.6 Å². The van der Waals surface area contributed by atoms with Crippen LogP contribution in [0.5, 0.6) is 0 Å². The van der Waals surface area contributed by atoms with Crippen molar-refractivity contribution in [3.63, 3.8) is 0 Å². The third-order valence-electron chi connectivity index (χ3n) is 2.93. The standard InChI is InChI=1S/C15H24FNO/c1-5-12-7-8-14(16)13(6-2)15(12)17-9-10-18-11(3)4/h7-8,11,17H,5-6,9-10H2,1-4H3. The first-order valence-corrected chi connectivity index (χ1v) is 6.75. The van der Waals surface area contributed by atoms with E-state index in [0.717, 1.165) is 23.2 Å². The predicted octanol–water partition coefficient (Wildman–Crippen LogP) is 3.79. The van der Waals surface area contributed by atoms with Crippen LogP contribution in [0, 0.1) is 5.82 Å². The summed E-state index contributed by atoms with van der Waals surface area (Å²) in [6.07, 6.45) is 1.84. The fourth-order valence-electron chi connectivity index (χ4n) is 2.00. The number of nitrogens with one attached hydrogen (secondary N) is 1. The maximum absolute atomic E-state index is 13.7. The maximum Gasteiger partial charge on any atom is 0.128 e. The van der Waals surface area contributed by atoms with Crippen molar-refractivity contribution < 1.29 is 9.13 Å². The Balaban J connectivity index is 2.75. The summed E-state index contributed by atoms with van der Waals surface area (Å²) in [5.41, 5.74) is 2.89. The Hall–Kier alpha value is -1.09. The maximum atomic E-state index is 13.7. The first-order valence-electron chi connectivity index (χ1n) is 6.75. The highest BCUT2D eigenvalue weighted by atomic mass is 19.1. The molecule has 0 radical (unpaired) electrons. The fourth-order valence-corrected chi connectivity index (χ4v) is 2.00. The van der Waals surface area contributed by atoms with Crippen LogP contribution >= 0.6 is 0 Å². The molecule has 1 aromatic carbocycles. The van der Waals surface area contributed by atoms with Crippen LogP contribution in [0.3, 0.4) is 0 Å². The topological polar surface area (TPSA) is 21.3 Å². The molecule has 0 unspecified atom stereocenters. The molecule has 102 valence electrons. The van der Waals surface area contributed by atoms with E-state index in [1.54, 1.807) is 6.07 Å². The molecule has 1 aromatic rings. The zero-order valence-electron chi connectivity index (χ0n) is 11.8. The molecular weight excluding hydrogens is 229 g/mol. The summed E-state index contributed by atoms with van der Waals surface area (Å²) in [6, 6.07) is 3.42. The molecule has 0 aliphatic carbocycles. The number of hydrogen-bond donors (Lipinski definition) is 1. The molecule has 0 fully saturated rings. The summed E-state index contributed by atoms with van der Waals surface area (Å²) in [5.74, 6) is -0.123. The van der Waals surface area contributed by atoms with E-state index >= 15 is 0 Å². The minimum Gasteiger partial charge on any atom is -0.382 e. The number of anilines is 1. The molecular formula is C15H24FNO. The molecule has 0 heterocycles. The second kappa shape index (κ2) is 7.37. The van der Waals surface area contributed by atoms with Gasteiger partial charge in [0.25, 0.3) is 0 Å². The lowest BCUT2D eigenvalue weighted by Crippen LogP contribution is -2.15. The lowest BCUT2D eigenvalue weighted by atomic mass is 10.0. The second-order valence-electron chi connectivity index (χ2n) is 4.61. The van der Waals surface area contributed by atoms with Gasteiger partial charge in [-0.15, -0.1) is 0 Å². The average Bonchev–Trinajstić information content (AvgIpc) is 2.34. The first kappa shape index (κ1) is 15.0. The summed E-state index contributed by atoms with van der Waals surface area (Å²) in [5, 5.41) is 3.31. The monoisotopic (exact) mass is 253 g/mol. The normalized spacial score (nSPS) is 11.0. The number of rotatable bonds is 7. The highest BCUT2D eigenvalue weighted by molar-refractivity contribution is 5.58. The number of benzene rings is 1. The summed E-state index contributed by atoms with van der Waals surface area (Å²) in [7, 11) is 0. The molecule has 0 aromatic heterocycles. The number of aryl methyl sites for hydroxylation is 1. The molecule has 0 atom stereocenters. The van der Waals surface area contributed by atoms with Gasteiger partial charge in [-0.3, -0.25) is 0 Å². The van der Waals surface area contributed by atoms with Gasteiger partial charge in [-0.25, -0.2) is 4.39 Å². The Kier molecular flexibility index (Phi) is 6.13. The van der Waals surface area contributed by atoms with Crippen LogP contribution in [0.4, 0.5) is 10.1 Å². The van der Waals surface area contributed by atoms with Crippen molar-refractivity contribution in [2.75, 3.05) is 18.5 Å². The molecule has 0 saturated carbocycles. The van der Waals surface area contributed by atoms with Gasteiger partial charge in [-0.1, -0.05) is 19.9 Å². The summed E-state index contributed by atoms with van der Waals surface area (Å²) in [6.45, 7) is 9.44. The van der Waals surface area contributed by atoms with Gasteiger partial charge in [0, 0.05) is 17.8 Å². The molecule has 2 nitrogen and oxygen atoms in total. The highest BCUT2D eigenvalue weighted by Gasteiger charge is 2.10. The van der Waals surface area contributed by atoms with Crippen molar-refractivity contribution in [3.8, 4) is 0 Å². The summed E-state index contributed by atoms with van der Waals surface area (Å²) in [4.78, 5) is 0. The molecule has 1 rings (SSSR count). The van der Waals surface area contributed by atoms with E-state index in [9.17, 15) is 4.39 Å². The van der Waals surface area contributed by atoms with E-state index in [2.05, 4.69) is 12.2 Å². The molecule has 0 spiro atoms. The minimum atomic E-state index is -0.123. The third kappa shape index (κ3) is 3.98. The van der Waals surface area contributed by atoms with Crippen molar-refractivity contribution in [2.24, 2.45) is 0 Å². The zero-order valence-corrected chi connectivity index (χ0v) is 11.8. The van der Waals surface area contributed by atoms with Gasteiger partial charge in [0.15, 0.2) is 0 Å². The Morgan fingerprint density at radius 2 is 1.94 bits per heavy atom.